The maximum absolute atomic E-state index is 13.4. The van der Waals surface area contributed by atoms with Gasteiger partial charge >= 0.3 is 6.36 Å². The van der Waals surface area contributed by atoms with E-state index in [4.69, 9.17) is 4.74 Å². The van der Waals surface area contributed by atoms with Crippen molar-refractivity contribution in [3.8, 4) is 11.5 Å². The fourth-order valence-corrected chi connectivity index (χ4v) is 3.96. The molecule has 0 saturated carbocycles. The Labute approximate surface area is 184 Å². The van der Waals surface area contributed by atoms with E-state index in [1.807, 2.05) is 0 Å². The molecule has 0 unspecified atom stereocenters. The number of hydrogen-bond acceptors (Lipinski definition) is 6. The number of nitrogens with one attached hydrogen (secondary N) is 2. The molecule has 1 aromatic carbocycles. The van der Waals surface area contributed by atoms with Gasteiger partial charge in [0.15, 0.2) is 11.3 Å². The van der Waals surface area contributed by atoms with Crippen LogP contribution < -0.4 is 14.8 Å². The standard InChI is InChI=1S/C22H16F3N5O3/c23-22(24,25)33-14-7-5-13(6-8-14)21(9-12-32-16-4-2-10-26-18(16)21)28-20(31)17-15-3-1-11-27-19(15)30-29-17/h1-8,10-11H,9,12H2,(H,28,31)(H,27,29,30)/t21-/m0/s1. The monoisotopic (exact) mass is 455 g/mol. The molecular weight excluding hydrogens is 439 g/mol. The predicted octanol–water partition coefficient (Wildman–Crippen LogP) is 3.71. The van der Waals surface area contributed by atoms with E-state index in [0.29, 0.717) is 34.5 Å². The number of hydrogen-bond donors (Lipinski definition) is 2. The fraction of sp³-hybridized carbons (Fsp3) is 0.182. The average Bonchev–Trinajstić information content (AvgIpc) is 3.23. The summed E-state index contributed by atoms with van der Waals surface area (Å²) in [6, 6.07) is 12.2. The molecule has 4 aromatic rings. The van der Waals surface area contributed by atoms with Crippen LogP contribution in [0.25, 0.3) is 11.0 Å². The zero-order valence-corrected chi connectivity index (χ0v) is 16.9. The van der Waals surface area contributed by atoms with Crippen LogP contribution in [0.5, 0.6) is 11.5 Å². The zero-order chi connectivity index (χ0) is 23.1. The second-order valence-corrected chi connectivity index (χ2v) is 7.35. The number of fused-ring (bicyclic) bond motifs is 2. The van der Waals surface area contributed by atoms with Crippen molar-refractivity contribution in [1.82, 2.24) is 25.5 Å². The van der Waals surface area contributed by atoms with Crippen LogP contribution in [-0.2, 0) is 5.54 Å². The van der Waals surface area contributed by atoms with Crippen LogP contribution in [-0.4, -0.2) is 39.0 Å². The second kappa shape index (κ2) is 7.76. The number of benzene rings is 1. The van der Waals surface area contributed by atoms with E-state index in [9.17, 15) is 18.0 Å². The van der Waals surface area contributed by atoms with Crippen molar-refractivity contribution < 1.29 is 27.4 Å². The molecule has 3 aromatic heterocycles. The predicted molar refractivity (Wildman–Crippen MR) is 110 cm³/mol. The Morgan fingerprint density at radius 1 is 1.09 bits per heavy atom. The smallest absolute Gasteiger partial charge is 0.491 e. The Bertz CT molecular complexity index is 1320. The first kappa shape index (κ1) is 20.7. The number of ether oxygens (including phenoxy) is 2. The molecule has 5 rings (SSSR count). The lowest BCUT2D eigenvalue weighted by Crippen LogP contribution is -2.50. The number of rotatable bonds is 4. The van der Waals surface area contributed by atoms with Crippen LogP contribution in [0, 0.1) is 0 Å². The lowest BCUT2D eigenvalue weighted by Gasteiger charge is -2.38. The maximum atomic E-state index is 13.4. The lowest BCUT2D eigenvalue weighted by atomic mass is 9.81. The lowest BCUT2D eigenvalue weighted by molar-refractivity contribution is -0.274. The zero-order valence-electron chi connectivity index (χ0n) is 16.9. The molecule has 168 valence electrons. The van der Waals surface area contributed by atoms with Crippen molar-refractivity contribution >= 4 is 16.9 Å². The largest absolute Gasteiger partial charge is 0.573 e. The molecule has 0 fully saturated rings. The van der Waals surface area contributed by atoms with Gasteiger partial charge in [0.2, 0.25) is 0 Å². The number of halogens is 3. The molecule has 1 amide bonds. The third-order valence-corrected chi connectivity index (χ3v) is 5.37. The van der Waals surface area contributed by atoms with Gasteiger partial charge in [-0.3, -0.25) is 14.9 Å². The molecule has 2 N–H and O–H groups in total. The van der Waals surface area contributed by atoms with Crippen molar-refractivity contribution in [3.63, 3.8) is 0 Å². The van der Waals surface area contributed by atoms with Crippen molar-refractivity contribution in [2.45, 2.75) is 18.3 Å². The molecule has 1 aliphatic heterocycles. The molecule has 1 aliphatic rings. The summed E-state index contributed by atoms with van der Waals surface area (Å²) in [5.41, 5.74) is 0.379. The van der Waals surface area contributed by atoms with Crippen LogP contribution >= 0.6 is 0 Å². The van der Waals surface area contributed by atoms with E-state index in [0.717, 1.165) is 0 Å². The van der Waals surface area contributed by atoms with Gasteiger partial charge in [0.25, 0.3) is 5.91 Å². The Morgan fingerprint density at radius 2 is 1.85 bits per heavy atom. The topological polar surface area (TPSA) is 102 Å². The highest BCUT2D eigenvalue weighted by Crippen LogP contribution is 2.41. The summed E-state index contributed by atoms with van der Waals surface area (Å²) in [6.45, 7) is 0.253. The highest BCUT2D eigenvalue weighted by molar-refractivity contribution is 6.04. The summed E-state index contributed by atoms with van der Waals surface area (Å²) in [5.74, 6) is -0.401. The van der Waals surface area contributed by atoms with Crippen molar-refractivity contribution in [1.29, 1.82) is 0 Å². The van der Waals surface area contributed by atoms with Crippen LogP contribution in [0.3, 0.4) is 0 Å². The van der Waals surface area contributed by atoms with Gasteiger partial charge in [0, 0.05) is 18.8 Å². The normalized spacial score (nSPS) is 17.8. The first-order chi connectivity index (χ1) is 15.9. The maximum Gasteiger partial charge on any atom is 0.573 e. The van der Waals surface area contributed by atoms with E-state index >= 15 is 0 Å². The summed E-state index contributed by atoms with van der Waals surface area (Å²) in [5, 5.41) is 10.4. The summed E-state index contributed by atoms with van der Waals surface area (Å²) in [4.78, 5) is 21.9. The van der Waals surface area contributed by atoms with Crippen LogP contribution in [0.2, 0.25) is 0 Å². The van der Waals surface area contributed by atoms with Gasteiger partial charge in [0.05, 0.1) is 12.0 Å². The van der Waals surface area contributed by atoms with Crippen LogP contribution in [0.4, 0.5) is 13.2 Å². The minimum Gasteiger partial charge on any atom is -0.491 e. The number of aromatic amines is 1. The minimum atomic E-state index is -4.81. The Hall–Kier alpha value is -4.15. The molecule has 33 heavy (non-hydrogen) atoms. The quantitative estimate of drug-likeness (QED) is 0.487. The van der Waals surface area contributed by atoms with Gasteiger partial charge in [0.1, 0.15) is 22.7 Å². The van der Waals surface area contributed by atoms with Crippen molar-refractivity contribution in [2.75, 3.05) is 6.61 Å². The van der Waals surface area contributed by atoms with Crippen LogP contribution in [0.15, 0.2) is 60.9 Å². The summed E-state index contributed by atoms with van der Waals surface area (Å²) in [6.07, 6.45) is -1.38. The van der Waals surface area contributed by atoms with Gasteiger partial charge in [-0.2, -0.15) is 5.10 Å². The minimum absolute atomic E-state index is 0.137. The van der Waals surface area contributed by atoms with E-state index < -0.39 is 17.8 Å². The number of nitrogens with zero attached hydrogens (tertiary/aromatic N) is 3. The molecule has 8 nitrogen and oxygen atoms in total. The first-order valence-corrected chi connectivity index (χ1v) is 9.92. The van der Waals surface area contributed by atoms with E-state index in [-0.39, 0.29) is 18.1 Å². The number of aromatic nitrogens is 4. The highest BCUT2D eigenvalue weighted by atomic mass is 19.4. The molecule has 1 atom stereocenters. The number of pyridine rings is 2. The van der Waals surface area contributed by atoms with Gasteiger partial charge in [-0.05, 0) is 42.0 Å². The Morgan fingerprint density at radius 3 is 2.64 bits per heavy atom. The Balaban J connectivity index is 1.58. The Kier molecular flexibility index (Phi) is 4.88. The van der Waals surface area contributed by atoms with Gasteiger partial charge < -0.3 is 14.8 Å². The molecule has 0 radical (unpaired) electrons. The van der Waals surface area contributed by atoms with Crippen molar-refractivity contribution in [2.24, 2.45) is 0 Å². The summed E-state index contributed by atoms with van der Waals surface area (Å²) < 4.78 is 47.5. The van der Waals surface area contributed by atoms with Crippen LogP contribution in [0.1, 0.15) is 28.2 Å². The van der Waals surface area contributed by atoms with Gasteiger partial charge in [-0.1, -0.05) is 12.1 Å². The van der Waals surface area contributed by atoms with E-state index in [1.165, 1.54) is 24.3 Å². The number of carbonyl (C=O) groups excluding carboxylic acids is 1. The second-order valence-electron chi connectivity index (χ2n) is 7.35. The molecule has 0 saturated heterocycles. The summed E-state index contributed by atoms with van der Waals surface area (Å²) >= 11 is 0. The molecule has 0 bridgehead atoms. The molecule has 0 spiro atoms. The molecule has 4 heterocycles. The van der Waals surface area contributed by atoms with E-state index in [2.05, 4.69) is 30.2 Å². The van der Waals surface area contributed by atoms with Gasteiger partial charge in [-0.15, -0.1) is 13.2 Å². The van der Waals surface area contributed by atoms with E-state index in [1.54, 1.807) is 36.7 Å². The molecule has 0 aliphatic carbocycles. The third-order valence-electron chi connectivity index (χ3n) is 5.37. The fourth-order valence-electron chi connectivity index (χ4n) is 3.96. The first-order valence-electron chi connectivity index (χ1n) is 9.92. The highest BCUT2D eigenvalue weighted by Gasteiger charge is 2.43. The van der Waals surface area contributed by atoms with Gasteiger partial charge in [-0.25, -0.2) is 4.98 Å². The molecule has 11 heteroatoms. The molecular formula is C22H16F3N5O3. The number of carbonyl (C=O) groups is 1. The number of alkyl halides is 3. The van der Waals surface area contributed by atoms with Crippen molar-refractivity contribution in [3.05, 3.63) is 77.9 Å². The third kappa shape index (κ3) is 3.81. The SMILES string of the molecule is O=C(N[C@]1(c2ccc(OC(F)(F)F)cc2)CCOc2cccnc21)c1n[nH]c2ncccc12. The summed E-state index contributed by atoms with van der Waals surface area (Å²) in [7, 11) is 0. The number of amides is 1. The number of H-pyrrole nitrogens is 1. The average molecular weight is 455 g/mol.